The number of morpholine rings is 1. The van der Waals surface area contributed by atoms with E-state index in [1.807, 2.05) is 20.8 Å². The van der Waals surface area contributed by atoms with Crippen molar-refractivity contribution < 1.29 is 23.8 Å². The molecule has 0 aromatic rings. The summed E-state index contributed by atoms with van der Waals surface area (Å²) in [6.07, 6.45) is 2.82. The monoisotopic (exact) mass is 313 g/mol. The summed E-state index contributed by atoms with van der Waals surface area (Å²) in [7, 11) is 0. The zero-order valence-corrected chi connectivity index (χ0v) is 13.7. The third-order valence-corrected chi connectivity index (χ3v) is 3.56. The largest absolute Gasteiger partial charge is 0.462 e. The van der Waals surface area contributed by atoms with Crippen molar-refractivity contribution in [1.82, 2.24) is 4.90 Å². The second-order valence-electron chi connectivity index (χ2n) is 5.69. The molecule has 126 valence electrons. The summed E-state index contributed by atoms with van der Waals surface area (Å²) in [4.78, 5) is 25.2. The molecule has 0 aromatic heterocycles. The first-order chi connectivity index (χ1) is 10.5. The summed E-state index contributed by atoms with van der Waals surface area (Å²) in [6, 6.07) is 0. The SMILES string of the molecule is CC(C)C(C)OC(=O)/C=C/C(=O)OCCCN1CCOCC1. The van der Waals surface area contributed by atoms with Gasteiger partial charge in [-0.1, -0.05) is 13.8 Å². The highest BCUT2D eigenvalue weighted by Crippen LogP contribution is 2.05. The molecule has 0 aromatic carbocycles. The quantitative estimate of drug-likeness (QED) is 0.383. The zero-order valence-electron chi connectivity index (χ0n) is 13.7. The van der Waals surface area contributed by atoms with E-state index in [9.17, 15) is 9.59 Å². The summed E-state index contributed by atoms with van der Waals surface area (Å²) in [5.74, 6) is -0.799. The van der Waals surface area contributed by atoms with E-state index in [1.165, 1.54) is 0 Å². The van der Waals surface area contributed by atoms with Gasteiger partial charge in [0.2, 0.25) is 0 Å². The molecule has 0 radical (unpaired) electrons. The van der Waals surface area contributed by atoms with Gasteiger partial charge in [0, 0.05) is 31.8 Å². The lowest BCUT2D eigenvalue weighted by Gasteiger charge is -2.26. The van der Waals surface area contributed by atoms with Crippen molar-refractivity contribution in [3.05, 3.63) is 12.2 Å². The fraction of sp³-hybridized carbons (Fsp3) is 0.750. The second kappa shape index (κ2) is 10.3. The van der Waals surface area contributed by atoms with Gasteiger partial charge < -0.3 is 14.2 Å². The summed E-state index contributed by atoms with van der Waals surface area (Å²) in [5.41, 5.74) is 0. The Hall–Kier alpha value is -1.40. The third kappa shape index (κ3) is 8.14. The second-order valence-corrected chi connectivity index (χ2v) is 5.69. The van der Waals surface area contributed by atoms with Crippen LogP contribution in [0.1, 0.15) is 27.2 Å². The van der Waals surface area contributed by atoms with E-state index in [1.54, 1.807) is 0 Å². The molecule has 0 saturated carbocycles. The average Bonchev–Trinajstić information content (AvgIpc) is 2.50. The standard InChI is InChI=1S/C16H27NO5/c1-13(2)14(3)22-16(19)6-5-15(18)21-10-4-7-17-8-11-20-12-9-17/h5-6,13-14H,4,7-12H2,1-3H3/b6-5+. The van der Waals surface area contributed by atoms with Crippen molar-refractivity contribution >= 4 is 11.9 Å². The summed E-state index contributed by atoms with van der Waals surface area (Å²) < 4.78 is 15.4. The van der Waals surface area contributed by atoms with Crippen LogP contribution < -0.4 is 0 Å². The van der Waals surface area contributed by atoms with Gasteiger partial charge in [0.05, 0.1) is 19.8 Å². The van der Waals surface area contributed by atoms with Crippen LogP contribution in [0.4, 0.5) is 0 Å². The molecule has 1 aliphatic rings. The van der Waals surface area contributed by atoms with Crippen molar-refractivity contribution in [2.24, 2.45) is 5.92 Å². The number of esters is 2. The van der Waals surface area contributed by atoms with Crippen molar-refractivity contribution in [1.29, 1.82) is 0 Å². The van der Waals surface area contributed by atoms with Gasteiger partial charge in [0.25, 0.3) is 0 Å². The molecule has 0 aliphatic carbocycles. The molecule has 0 spiro atoms. The highest BCUT2D eigenvalue weighted by atomic mass is 16.5. The van der Waals surface area contributed by atoms with Gasteiger partial charge in [-0.25, -0.2) is 9.59 Å². The molecule has 1 aliphatic heterocycles. The summed E-state index contributed by atoms with van der Waals surface area (Å²) in [5, 5.41) is 0. The molecule has 0 amide bonds. The smallest absolute Gasteiger partial charge is 0.331 e. The van der Waals surface area contributed by atoms with Crippen LogP contribution in [0.5, 0.6) is 0 Å². The maximum atomic E-state index is 11.5. The molecule has 6 heteroatoms. The summed E-state index contributed by atoms with van der Waals surface area (Å²) in [6.45, 7) is 10.3. The Morgan fingerprint density at radius 2 is 1.77 bits per heavy atom. The number of rotatable bonds is 8. The molecule has 0 bridgehead atoms. The van der Waals surface area contributed by atoms with E-state index in [0.717, 1.165) is 51.4 Å². The molecule has 6 nitrogen and oxygen atoms in total. The minimum atomic E-state index is -0.522. The maximum absolute atomic E-state index is 11.5. The molecular weight excluding hydrogens is 286 g/mol. The Morgan fingerprint density at radius 3 is 2.41 bits per heavy atom. The van der Waals surface area contributed by atoms with E-state index >= 15 is 0 Å². The summed E-state index contributed by atoms with van der Waals surface area (Å²) >= 11 is 0. The Balaban J connectivity index is 2.11. The predicted octanol–water partition coefficient (Wildman–Crippen LogP) is 1.40. The molecular formula is C16H27NO5. The Kier molecular flexibility index (Phi) is 8.77. The first-order valence-corrected chi connectivity index (χ1v) is 7.84. The molecule has 1 fully saturated rings. The number of carbonyl (C=O) groups is 2. The van der Waals surface area contributed by atoms with E-state index in [4.69, 9.17) is 14.2 Å². The van der Waals surface area contributed by atoms with Crippen LogP contribution in [-0.4, -0.2) is 62.4 Å². The Bertz CT molecular complexity index is 375. The first kappa shape index (κ1) is 18.6. The van der Waals surface area contributed by atoms with E-state index in [0.29, 0.717) is 6.61 Å². The van der Waals surface area contributed by atoms with Crippen LogP contribution in [0.2, 0.25) is 0 Å². The van der Waals surface area contributed by atoms with Gasteiger partial charge in [0.15, 0.2) is 0 Å². The molecule has 1 rings (SSSR count). The van der Waals surface area contributed by atoms with Gasteiger partial charge in [-0.2, -0.15) is 0 Å². The highest BCUT2D eigenvalue weighted by Gasteiger charge is 2.11. The lowest BCUT2D eigenvalue weighted by atomic mass is 10.1. The van der Waals surface area contributed by atoms with Gasteiger partial charge in [-0.15, -0.1) is 0 Å². The minimum Gasteiger partial charge on any atom is -0.462 e. The van der Waals surface area contributed by atoms with Crippen molar-refractivity contribution in [3.8, 4) is 0 Å². The van der Waals surface area contributed by atoms with Crippen molar-refractivity contribution in [2.75, 3.05) is 39.5 Å². The molecule has 1 saturated heterocycles. The van der Waals surface area contributed by atoms with Crippen LogP contribution >= 0.6 is 0 Å². The third-order valence-electron chi connectivity index (χ3n) is 3.56. The maximum Gasteiger partial charge on any atom is 0.331 e. The van der Waals surface area contributed by atoms with Gasteiger partial charge >= 0.3 is 11.9 Å². The molecule has 1 atom stereocenters. The topological polar surface area (TPSA) is 65.1 Å². The average molecular weight is 313 g/mol. The number of nitrogens with zero attached hydrogens (tertiary/aromatic N) is 1. The van der Waals surface area contributed by atoms with Gasteiger partial charge in [0.1, 0.15) is 6.10 Å². The highest BCUT2D eigenvalue weighted by molar-refractivity contribution is 5.91. The molecule has 1 heterocycles. The van der Waals surface area contributed by atoms with Crippen molar-refractivity contribution in [2.45, 2.75) is 33.3 Å². The first-order valence-electron chi connectivity index (χ1n) is 7.84. The molecule has 22 heavy (non-hydrogen) atoms. The Labute approximate surface area is 132 Å². The zero-order chi connectivity index (χ0) is 16.4. The lowest BCUT2D eigenvalue weighted by Crippen LogP contribution is -2.37. The van der Waals surface area contributed by atoms with Crippen LogP contribution in [0.25, 0.3) is 0 Å². The Morgan fingerprint density at radius 1 is 1.14 bits per heavy atom. The number of carbonyl (C=O) groups excluding carboxylic acids is 2. The van der Waals surface area contributed by atoms with Crippen LogP contribution in [0, 0.1) is 5.92 Å². The normalized spacial score (nSPS) is 17.6. The number of ether oxygens (including phenoxy) is 3. The number of hydrogen-bond donors (Lipinski definition) is 0. The van der Waals surface area contributed by atoms with E-state index in [-0.39, 0.29) is 12.0 Å². The van der Waals surface area contributed by atoms with Crippen molar-refractivity contribution in [3.63, 3.8) is 0 Å². The number of hydrogen-bond acceptors (Lipinski definition) is 6. The van der Waals surface area contributed by atoms with E-state index < -0.39 is 11.9 Å². The predicted molar refractivity (Wildman–Crippen MR) is 82.4 cm³/mol. The van der Waals surface area contributed by atoms with Gasteiger partial charge in [-0.3, -0.25) is 4.90 Å². The van der Waals surface area contributed by atoms with Crippen LogP contribution in [0.15, 0.2) is 12.2 Å². The molecule has 1 unspecified atom stereocenters. The van der Waals surface area contributed by atoms with Crippen LogP contribution in [-0.2, 0) is 23.8 Å². The fourth-order valence-corrected chi connectivity index (χ4v) is 1.83. The van der Waals surface area contributed by atoms with Crippen LogP contribution in [0.3, 0.4) is 0 Å². The molecule has 0 N–H and O–H groups in total. The lowest BCUT2D eigenvalue weighted by molar-refractivity contribution is -0.145. The van der Waals surface area contributed by atoms with Gasteiger partial charge in [-0.05, 0) is 19.3 Å². The van der Waals surface area contributed by atoms with E-state index in [2.05, 4.69) is 4.90 Å². The fourth-order valence-electron chi connectivity index (χ4n) is 1.83. The minimum absolute atomic E-state index is 0.179.